The Balaban J connectivity index is 2.04. The molecule has 0 bridgehead atoms. The third-order valence-corrected chi connectivity index (χ3v) is 3.58. The lowest BCUT2D eigenvalue weighted by atomic mass is 10.1. The van der Waals surface area contributed by atoms with Crippen molar-refractivity contribution in [3.63, 3.8) is 0 Å². The Bertz CT molecular complexity index is 506. The van der Waals surface area contributed by atoms with Gasteiger partial charge in [0, 0.05) is 39.6 Å². The Kier molecular flexibility index (Phi) is 3.05. The van der Waals surface area contributed by atoms with E-state index in [0.29, 0.717) is 19.8 Å². The molecule has 0 unspecified atom stereocenters. The summed E-state index contributed by atoms with van der Waals surface area (Å²) < 4.78 is 7.00. The molecule has 0 saturated carbocycles. The average molecular weight is 250 g/mol. The molecule has 0 aliphatic carbocycles. The Morgan fingerprint density at radius 2 is 2.11 bits per heavy atom. The smallest absolute Gasteiger partial charge is 0.259 e. The molecular formula is C12H18N4O2. The molecule has 1 saturated heterocycles. The first-order chi connectivity index (χ1) is 8.77. The molecule has 6 nitrogen and oxygen atoms in total. The molecule has 0 aromatic carbocycles. The van der Waals surface area contributed by atoms with Gasteiger partial charge in [0.05, 0.1) is 24.5 Å². The van der Waals surface area contributed by atoms with E-state index in [2.05, 4.69) is 10.2 Å². The summed E-state index contributed by atoms with van der Waals surface area (Å²) in [6, 6.07) is 0. The number of morpholine rings is 1. The summed E-state index contributed by atoms with van der Waals surface area (Å²) in [5.74, 6) is 0.781. The van der Waals surface area contributed by atoms with Gasteiger partial charge >= 0.3 is 0 Å². The lowest BCUT2D eigenvalue weighted by Crippen LogP contribution is -2.42. The van der Waals surface area contributed by atoms with Gasteiger partial charge in [0.1, 0.15) is 0 Å². The number of anilines is 1. The molecule has 3 rings (SSSR count). The fraction of sp³-hybridized carbons (Fsp3) is 0.667. The van der Waals surface area contributed by atoms with Crippen molar-refractivity contribution < 1.29 is 4.74 Å². The fourth-order valence-electron chi connectivity index (χ4n) is 2.53. The second kappa shape index (κ2) is 4.70. The van der Waals surface area contributed by atoms with E-state index >= 15 is 0 Å². The maximum Gasteiger partial charge on any atom is 0.259 e. The van der Waals surface area contributed by atoms with Crippen LogP contribution in [0.3, 0.4) is 0 Å². The predicted molar refractivity (Wildman–Crippen MR) is 67.9 cm³/mol. The van der Waals surface area contributed by atoms with Crippen LogP contribution in [-0.4, -0.2) is 42.4 Å². The van der Waals surface area contributed by atoms with Crippen LogP contribution in [0.25, 0.3) is 0 Å². The van der Waals surface area contributed by atoms with Crippen molar-refractivity contribution in [3.05, 3.63) is 21.6 Å². The third kappa shape index (κ3) is 1.91. The topological polar surface area (TPSA) is 59.4 Å². The molecule has 0 amide bonds. The second-order valence-electron chi connectivity index (χ2n) is 4.73. The van der Waals surface area contributed by atoms with Crippen molar-refractivity contribution in [2.24, 2.45) is 7.05 Å². The van der Waals surface area contributed by atoms with E-state index in [1.807, 2.05) is 0 Å². The standard InChI is InChI=1S/C12H18N4O2/c1-15-11(17)9-8-13-3-2-10(9)14-12(15)16-4-6-18-7-5-16/h13H,2-8H2,1H3. The van der Waals surface area contributed by atoms with Gasteiger partial charge in [-0.3, -0.25) is 9.36 Å². The summed E-state index contributed by atoms with van der Waals surface area (Å²) in [4.78, 5) is 19.1. The molecule has 0 atom stereocenters. The highest BCUT2D eigenvalue weighted by Gasteiger charge is 2.21. The van der Waals surface area contributed by atoms with Crippen molar-refractivity contribution >= 4 is 5.95 Å². The first kappa shape index (κ1) is 11.7. The molecule has 2 aliphatic rings. The Morgan fingerprint density at radius 1 is 1.33 bits per heavy atom. The SMILES string of the molecule is Cn1c(N2CCOCC2)nc2c(c1=O)CNCC2. The summed E-state index contributed by atoms with van der Waals surface area (Å²) in [6.45, 7) is 4.55. The quantitative estimate of drug-likeness (QED) is 0.711. The first-order valence-corrected chi connectivity index (χ1v) is 6.39. The van der Waals surface area contributed by atoms with Crippen molar-refractivity contribution in [1.29, 1.82) is 0 Å². The fourth-order valence-corrected chi connectivity index (χ4v) is 2.53. The number of ether oxygens (including phenoxy) is 1. The molecule has 3 heterocycles. The molecule has 1 fully saturated rings. The minimum absolute atomic E-state index is 0.0775. The Labute approximate surface area is 106 Å². The molecule has 0 spiro atoms. The van der Waals surface area contributed by atoms with Crippen LogP contribution in [0, 0.1) is 0 Å². The highest BCUT2D eigenvalue weighted by Crippen LogP contribution is 2.15. The largest absolute Gasteiger partial charge is 0.378 e. The van der Waals surface area contributed by atoms with E-state index < -0.39 is 0 Å². The van der Waals surface area contributed by atoms with E-state index in [-0.39, 0.29) is 5.56 Å². The number of nitrogens with zero attached hydrogens (tertiary/aromatic N) is 3. The maximum atomic E-state index is 12.3. The summed E-state index contributed by atoms with van der Waals surface area (Å²) in [5, 5.41) is 3.22. The lowest BCUT2D eigenvalue weighted by molar-refractivity contribution is 0.121. The summed E-state index contributed by atoms with van der Waals surface area (Å²) in [5.41, 5.74) is 1.85. The van der Waals surface area contributed by atoms with Gasteiger partial charge in [-0.05, 0) is 0 Å². The highest BCUT2D eigenvalue weighted by molar-refractivity contribution is 5.36. The number of fused-ring (bicyclic) bond motifs is 1. The summed E-state index contributed by atoms with van der Waals surface area (Å²) in [7, 11) is 1.80. The van der Waals surface area contributed by atoms with Crippen LogP contribution in [-0.2, 0) is 24.8 Å². The summed E-state index contributed by atoms with van der Waals surface area (Å²) >= 11 is 0. The van der Waals surface area contributed by atoms with Crippen molar-refractivity contribution in [2.45, 2.75) is 13.0 Å². The summed E-state index contributed by atoms with van der Waals surface area (Å²) in [6.07, 6.45) is 0.836. The molecule has 1 aromatic heterocycles. The number of rotatable bonds is 1. The van der Waals surface area contributed by atoms with Crippen molar-refractivity contribution in [3.8, 4) is 0 Å². The predicted octanol–water partition coefficient (Wildman–Crippen LogP) is -0.737. The van der Waals surface area contributed by atoms with Gasteiger partial charge in [-0.2, -0.15) is 0 Å². The zero-order chi connectivity index (χ0) is 12.5. The molecular weight excluding hydrogens is 232 g/mol. The minimum atomic E-state index is 0.0775. The van der Waals surface area contributed by atoms with Gasteiger partial charge in [0.2, 0.25) is 5.95 Å². The number of aromatic nitrogens is 2. The van der Waals surface area contributed by atoms with Gasteiger partial charge in [-0.1, -0.05) is 0 Å². The van der Waals surface area contributed by atoms with Crippen LogP contribution >= 0.6 is 0 Å². The van der Waals surface area contributed by atoms with Gasteiger partial charge in [0.15, 0.2) is 0 Å². The third-order valence-electron chi connectivity index (χ3n) is 3.58. The molecule has 98 valence electrons. The van der Waals surface area contributed by atoms with E-state index in [4.69, 9.17) is 9.72 Å². The van der Waals surface area contributed by atoms with Crippen LogP contribution in [0.1, 0.15) is 11.3 Å². The van der Waals surface area contributed by atoms with E-state index in [1.165, 1.54) is 0 Å². The van der Waals surface area contributed by atoms with Gasteiger partial charge in [-0.15, -0.1) is 0 Å². The first-order valence-electron chi connectivity index (χ1n) is 6.39. The number of hydrogen-bond acceptors (Lipinski definition) is 5. The molecule has 1 N–H and O–H groups in total. The number of hydrogen-bond donors (Lipinski definition) is 1. The lowest BCUT2D eigenvalue weighted by Gasteiger charge is -2.30. The van der Waals surface area contributed by atoms with Crippen LogP contribution in [0.4, 0.5) is 5.95 Å². The average Bonchev–Trinajstić information content (AvgIpc) is 2.44. The number of nitrogens with one attached hydrogen (secondary N) is 1. The van der Waals surface area contributed by atoms with E-state index in [0.717, 1.165) is 43.3 Å². The van der Waals surface area contributed by atoms with Crippen LogP contribution in [0.15, 0.2) is 4.79 Å². The van der Waals surface area contributed by atoms with Crippen molar-refractivity contribution in [2.75, 3.05) is 37.7 Å². The molecule has 0 radical (unpaired) electrons. The highest BCUT2D eigenvalue weighted by atomic mass is 16.5. The molecule has 18 heavy (non-hydrogen) atoms. The normalized spacial score (nSPS) is 19.7. The minimum Gasteiger partial charge on any atom is -0.378 e. The molecule has 2 aliphatic heterocycles. The molecule has 1 aromatic rings. The monoisotopic (exact) mass is 250 g/mol. The Hall–Kier alpha value is -1.40. The zero-order valence-electron chi connectivity index (χ0n) is 10.6. The van der Waals surface area contributed by atoms with E-state index in [1.54, 1.807) is 11.6 Å². The van der Waals surface area contributed by atoms with Gasteiger partial charge in [-0.25, -0.2) is 4.98 Å². The molecule has 6 heteroatoms. The maximum absolute atomic E-state index is 12.3. The van der Waals surface area contributed by atoms with Gasteiger partial charge < -0.3 is 15.0 Å². The van der Waals surface area contributed by atoms with Crippen LogP contribution in [0.5, 0.6) is 0 Å². The van der Waals surface area contributed by atoms with E-state index in [9.17, 15) is 4.79 Å². The van der Waals surface area contributed by atoms with Crippen molar-refractivity contribution in [1.82, 2.24) is 14.9 Å². The second-order valence-corrected chi connectivity index (χ2v) is 4.73. The Morgan fingerprint density at radius 3 is 2.89 bits per heavy atom. The zero-order valence-corrected chi connectivity index (χ0v) is 10.6. The van der Waals surface area contributed by atoms with Crippen LogP contribution < -0.4 is 15.8 Å². The van der Waals surface area contributed by atoms with Crippen LogP contribution in [0.2, 0.25) is 0 Å². The van der Waals surface area contributed by atoms with Gasteiger partial charge in [0.25, 0.3) is 5.56 Å².